The predicted octanol–water partition coefficient (Wildman–Crippen LogP) is 4.21. The van der Waals surface area contributed by atoms with Gasteiger partial charge in [0, 0.05) is 29.2 Å². The first-order chi connectivity index (χ1) is 13.4. The SMILES string of the molecule is Cc1c(C(=O)O)ccc(CN(C(=O)c2ccncc2)c2cccc(F)c2)c1F. The van der Waals surface area contributed by atoms with Gasteiger partial charge >= 0.3 is 5.97 Å². The lowest BCUT2D eigenvalue weighted by Gasteiger charge is -2.24. The number of hydrogen-bond donors (Lipinski definition) is 1. The summed E-state index contributed by atoms with van der Waals surface area (Å²) in [4.78, 5) is 29.3. The van der Waals surface area contributed by atoms with Gasteiger partial charge in [-0.2, -0.15) is 0 Å². The third kappa shape index (κ3) is 3.88. The van der Waals surface area contributed by atoms with Gasteiger partial charge in [-0.05, 0) is 48.9 Å². The lowest BCUT2D eigenvalue weighted by Crippen LogP contribution is -2.31. The monoisotopic (exact) mass is 382 g/mol. The van der Waals surface area contributed by atoms with Gasteiger partial charge in [0.15, 0.2) is 0 Å². The van der Waals surface area contributed by atoms with Crippen LogP contribution in [-0.4, -0.2) is 22.0 Å². The van der Waals surface area contributed by atoms with Crippen molar-refractivity contribution in [2.45, 2.75) is 13.5 Å². The minimum atomic E-state index is -1.24. The van der Waals surface area contributed by atoms with Crippen LogP contribution in [0.2, 0.25) is 0 Å². The van der Waals surface area contributed by atoms with Crippen LogP contribution in [0.1, 0.15) is 31.8 Å². The number of carboxylic acid groups (broad SMARTS) is 1. The molecule has 142 valence electrons. The van der Waals surface area contributed by atoms with Gasteiger partial charge < -0.3 is 10.0 Å². The summed E-state index contributed by atoms with van der Waals surface area (Å²) in [7, 11) is 0. The third-order valence-electron chi connectivity index (χ3n) is 4.32. The normalized spacial score (nSPS) is 10.5. The molecule has 1 aromatic heterocycles. The summed E-state index contributed by atoms with van der Waals surface area (Å²) in [6.07, 6.45) is 2.90. The molecule has 28 heavy (non-hydrogen) atoms. The number of pyridine rings is 1. The third-order valence-corrected chi connectivity index (χ3v) is 4.32. The zero-order valence-corrected chi connectivity index (χ0v) is 14.9. The molecule has 0 atom stereocenters. The van der Waals surface area contributed by atoms with Crippen molar-refractivity contribution in [3.63, 3.8) is 0 Å². The van der Waals surface area contributed by atoms with Crippen molar-refractivity contribution < 1.29 is 23.5 Å². The van der Waals surface area contributed by atoms with E-state index in [1.54, 1.807) is 6.07 Å². The zero-order chi connectivity index (χ0) is 20.3. The Kier molecular flexibility index (Phi) is 5.44. The van der Waals surface area contributed by atoms with Crippen LogP contribution in [0.15, 0.2) is 60.9 Å². The Morgan fingerprint density at radius 2 is 1.79 bits per heavy atom. The molecule has 0 aliphatic heterocycles. The number of hydrogen-bond acceptors (Lipinski definition) is 3. The number of halogens is 2. The van der Waals surface area contributed by atoms with E-state index in [1.807, 2.05) is 0 Å². The molecule has 7 heteroatoms. The number of aromatic carboxylic acids is 1. The average molecular weight is 382 g/mol. The molecule has 3 rings (SSSR count). The molecule has 0 unspecified atom stereocenters. The van der Waals surface area contributed by atoms with Gasteiger partial charge in [-0.3, -0.25) is 9.78 Å². The van der Waals surface area contributed by atoms with Crippen molar-refractivity contribution in [2.24, 2.45) is 0 Å². The highest BCUT2D eigenvalue weighted by Gasteiger charge is 2.22. The van der Waals surface area contributed by atoms with E-state index in [9.17, 15) is 18.4 Å². The molecule has 0 aliphatic rings. The average Bonchev–Trinajstić information content (AvgIpc) is 2.69. The van der Waals surface area contributed by atoms with Gasteiger partial charge in [-0.15, -0.1) is 0 Å². The Bertz CT molecular complexity index is 1040. The topological polar surface area (TPSA) is 70.5 Å². The molecule has 0 saturated carbocycles. The molecule has 1 heterocycles. The summed E-state index contributed by atoms with van der Waals surface area (Å²) in [6.45, 7) is 1.16. The van der Waals surface area contributed by atoms with E-state index in [-0.39, 0.29) is 28.9 Å². The van der Waals surface area contributed by atoms with Crippen LogP contribution in [0.25, 0.3) is 0 Å². The molecular weight excluding hydrogens is 366 g/mol. The zero-order valence-electron chi connectivity index (χ0n) is 14.9. The maximum atomic E-state index is 14.8. The maximum absolute atomic E-state index is 14.8. The van der Waals surface area contributed by atoms with Crippen molar-refractivity contribution in [3.05, 3.63) is 94.8 Å². The van der Waals surface area contributed by atoms with Crippen LogP contribution in [0.4, 0.5) is 14.5 Å². The molecule has 0 aliphatic carbocycles. The van der Waals surface area contributed by atoms with Crippen molar-refractivity contribution in [2.75, 3.05) is 4.90 Å². The fourth-order valence-electron chi connectivity index (χ4n) is 2.84. The summed E-state index contributed by atoms with van der Waals surface area (Å²) in [6, 6.07) is 11.0. The molecular formula is C21H16F2N2O3. The van der Waals surface area contributed by atoms with Gasteiger partial charge in [0.1, 0.15) is 11.6 Å². The predicted molar refractivity (Wildman–Crippen MR) is 99.2 cm³/mol. The first-order valence-corrected chi connectivity index (χ1v) is 8.37. The van der Waals surface area contributed by atoms with Crippen LogP contribution in [0.5, 0.6) is 0 Å². The summed E-state index contributed by atoms with van der Waals surface area (Å²) in [5.41, 5.74) is 0.494. The minimum Gasteiger partial charge on any atom is -0.478 e. The number of rotatable bonds is 5. The molecule has 0 bridgehead atoms. The second kappa shape index (κ2) is 7.96. The van der Waals surface area contributed by atoms with Crippen molar-refractivity contribution >= 4 is 17.6 Å². The second-order valence-corrected chi connectivity index (χ2v) is 6.12. The van der Waals surface area contributed by atoms with Crippen molar-refractivity contribution in [3.8, 4) is 0 Å². The summed E-state index contributed by atoms with van der Waals surface area (Å²) in [5.74, 6) is -2.96. The highest BCUT2D eigenvalue weighted by molar-refractivity contribution is 6.06. The smallest absolute Gasteiger partial charge is 0.336 e. The maximum Gasteiger partial charge on any atom is 0.336 e. The Hall–Kier alpha value is -3.61. The molecule has 0 saturated heterocycles. The Morgan fingerprint density at radius 3 is 2.43 bits per heavy atom. The van der Waals surface area contributed by atoms with Gasteiger partial charge in [-0.1, -0.05) is 12.1 Å². The second-order valence-electron chi connectivity index (χ2n) is 6.12. The molecule has 0 fully saturated rings. The molecule has 5 nitrogen and oxygen atoms in total. The van der Waals surface area contributed by atoms with Crippen molar-refractivity contribution in [1.29, 1.82) is 0 Å². The van der Waals surface area contributed by atoms with E-state index in [0.717, 1.165) is 0 Å². The van der Waals surface area contributed by atoms with Crippen LogP contribution in [0, 0.1) is 18.6 Å². The van der Waals surface area contributed by atoms with E-state index in [0.29, 0.717) is 5.56 Å². The fraction of sp³-hybridized carbons (Fsp3) is 0.0952. The number of carboxylic acids is 1. The van der Waals surface area contributed by atoms with E-state index in [4.69, 9.17) is 5.11 Å². The Labute approximate surface area is 159 Å². The largest absolute Gasteiger partial charge is 0.478 e. The summed E-state index contributed by atoms with van der Waals surface area (Å²) >= 11 is 0. The summed E-state index contributed by atoms with van der Waals surface area (Å²) in [5, 5.41) is 9.13. The minimum absolute atomic E-state index is 0.0273. The highest BCUT2D eigenvalue weighted by Crippen LogP contribution is 2.24. The Balaban J connectivity index is 2.04. The van der Waals surface area contributed by atoms with E-state index < -0.39 is 23.5 Å². The van der Waals surface area contributed by atoms with Gasteiger partial charge in [0.2, 0.25) is 0 Å². The van der Waals surface area contributed by atoms with Gasteiger partial charge in [0.05, 0.1) is 12.1 Å². The highest BCUT2D eigenvalue weighted by atomic mass is 19.1. The quantitative estimate of drug-likeness (QED) is 0.718. The first-order valence-electron chi connectivity index (χ1n) is 8.37. The summed E-state index contributed by atoms with van der Waals surface area (Å²) < 4.78 is 28.5. The molecule has 1 amide bonds. The van der Waals surface area contributed by atoms with Crippen LogP contribution in [-0.2, 0) is 6.54 Å². The van der Waals surface area contributed by atoms with E-state index >= 15 is 0 Å². The van der Waals surface area contributed by atoms with E-state index in [2.05, 4.69) is 4.98 Å². The molecule has 1 N–H and O–H groups in total. The number of amides is 1. The van der Waals surface area contributed by atoms with Crippen LogP contribution < -0.4 is 4.90 Å². The number of nitrogens with zero attached hydrogens (tertiary/aromatic N) is 2. The number of carbonyl (C=O) groups excluding carboxylic acids is 1. The van der Waals surface area contributed by atoms with Crippen molar-refractivity contribution in [1.82, 2.24) is 4.98 Å². The molecule has 0 radical (unpaired) electrons. The molecule has 0 spiro atoms. The number of anilines is 1. The fourth-order valence-corrected chi connectivity index (χ4v) is 2.84. The molecule has 2 aromatic carbocycles. The van der Waals surface area contributed by atoms with Gasteiger partial charge in [-0.25, -0.2) is 13.6 Å². The Morgan fingerprint density at radius 1 is 1.07 bits per heavy atom. The number of aromatic nitrogens is 1. The first kappa shape index (κ1) is 19.2. The van der Waals surface area contributed by atoms with Gasteiger partial charge in [0.25, 0.3) is 5.91 Å². The van der Waals surface area contributed by atoms with Crippen LogP contribution >= 0.6 is 0 Å². The molecule has 3 aromatic rings. The number of carbonyl (C=O) groups is 2. The van der Waals surface area contributed by atoms with Crippen LogP contribution in [0.3, 0.4) is 0 Å². The lowest BCUT2D eigenvalue weighted by molar-refractivity contribution is 0.0695. The van der Waals surface area contributed by atoms with E-state index in [1.165, 1.54) is 66.7 Å². The standard InChI is InChI=1S/C21H16F2N2O3/c1-13-18(21(27)28)6-5-15(19(13)23)12-25(17-4-2-3-16(22)11-17)20(26)14-7-9-24-10-8-14/h2-11H,12H2,1H3,(H,27,28). The lowest BCUT2D eigenvalue weighted by atomic mass is 10.0. The number of benzene rings is 2.